The molecular formula is C20H20Cl2N2O3S. The molecule has 1 aliphatic heterocycles. The third-order valence-electron chi connectivity index (χ3n) is 5.40. The lowest BCUT2D eigenvalue weighted by molar-refractivity contribution is 0.0698. The first-order valence-corrected chi connectivity index (χ1v) is 11.4. The molecule has 0 unspecified atom stereocenters. The van der Waals surface area contributed by atoms with Crippen LogP contribution in [-0.2, 0) is 22.9 Å². The first-order chi connectivity index (χ1) is 13.4. The van der Waals surface area contributed by atoms with Crippen molar-refractivity contribution in [1.82, 2.24) is 9.21 Å². The zero-order chi connectivity index (χ0) is 19.9. The maximum absolute atomic E-state index is 13.0. The third kappa shape index (κ3) is 3.66. The molecule has 8 heteroatoms. The SMILES string of the molecule is O=C(c1ccc(Cl)cc1Cl)N1CCN(S(=O)(=O)c2ccc3c(c2)CCC3)CC1. The Bertz CT molecular complexity index is 1030. The molecule has 28 heavy (non-hydrogen) atoms. The van der Waals surface area contributed by atoms with Gasteiger partial charge in [0.1, 0.15) is 0 Å². The molecule has 5 nitrogen and oxygen atoms in total. The molecule has 1 saturated heterocycles. The summed E-state index contributed by atoms with van der Waals surface area (Å²) >= 11 is 12.0. The lowest BCUT2D eigenvalue weighted by Gasteiger charge is -2.34. The van der Waals surface area contributed by atoms with Crippen molar-refractivity contribution in [3.63, 3.8) is 0 Å². The molecule has 0 N–H and O–H groups in total. The molecule has 1 heterocycles. The highest BCUT2D eigenvalue weighted by atomic mass is 35.5. The quantitative estimate of drug-likeness (QED) is 0.734. The number of aryl methyl sites for hydroxylation is 2. The second kappa shape index (κ2) is 7.67. The minimum atomic E-state index is -3.56. The Hall–Kier alpha value is -1.60. The Kier molecular flexibility index (Phi) is 5.40. The van der Waals surface area contributed by atoms with Crippen LogP contribution in [-0.4, -0.2) is 49.7 Å². The van der Waals surface area contributed by atoms with Gasteiger partial charge in [-0.1, -0.05) is 29.3 Å². The van der Waals surface area contributed by atoms with Gasteiger partial charge in [-0.25, -0.2) is 8.42 Å². The number of hydrogen-bond acceptors (Lipinski definition) is 3. The second-order valence-corrected chi connectivity index (χ2v) is 9.89. The fraction of sp³-hybridized carbons (Fsp3) is 0.350. The summed E-state index contributed by atoms with van der Waals surface area (Å²) in [6.45, 7) is 1.16. The molecule has 1 amide bonds. The van der Waals surface area contributed by atoms with Crippen LogP contribution in [0.25, 0.3) is 0 Å². The van der Waals surface area contributed by atoms with Crippen LogP contribution in [0, 0.1) is 0 Å². The summed E-state index contributed by atoms with van der Waals surface area (Å²) in [4.78, 5) is 14.7. The lowest BCUT2D eigenvalue weighted by Crippen LogP contribution is -2.50. The van der Waals surface area contributed by atoms with E-state index in [1.807, 2.05) is 12.1 Å². The zero-order valence-electron chi connectivity index (χ0n) is 15.2. The Morgan fingerprint density at radius 2 is 1.61 bits per heavy atom. The smallest absolute Gasteiger partial charge is 0.255 e. The molecule has 0 spiro atoms. The van der Waals surface area contributed by atoms with E-state index >= 15 is 0 Å². The van der Waals surface area contributed by atoms with Crippen LogP contribution in [0.15, 0.2) is 41.3 Å². The van der Waals surface area contributed by atoms with Crippen LogP contribution in [0.3, 0.4) is 0 Å². The fourth-order valence-electron chi connectivity index (χ4n) is 3.82. The van der Waals surface area contributed by atoms with Gasteiger partial charge in [0.15, 0.2) is 0 Å². The van der Waals surface area contributed by atoms with Gasteiger partial charge in [0.05, 0.1) is 15.5 Å². The summed E-state index contributed by atoms with van der Waals surface area (Å²) in [7, 11) is -3.56. The first kappa shape index (κ1) is 19.7. The van der Waals surface area contributed by atoms with E-state index in [9.17, 15) is 13.2 Å². The van der Waals surface area contributed by atoms with Gasteiger partial charge >= 0.3 is 0 Å². The number of piperazine rings is 1. The van der Waals surface area contributed by atoms with Crippen LogP contribution in [0.1, 0.15) is 27.9 Å². The van der Waals surface area contributed by atoms with E-state index in [1.54, 1.807) is 23.1 Å². The molecule has 0 atom stereocenters. The van der Waals surface area contributed by atoms with Crippen molar-refractivity contribution < 1.29 is 13.2 Å². The highest BCUT2D eigenvalue weighted by Crippen LogP contribution is 2.27. The van der Waals surface area contributed by atoms with Crippen LogP contribution in [0.5, 0.6) is 0 Å². The van der Waals surface area contributed by atoms with Gasteiger partial charge in [0.25, 0.3) is 5.91 Å². The number of fused-ring (bicyclic) bond motifs is 1. The number of hydrogen-bond donors (Lipinski definition) is 0. The maximum Gasteiger partial charge on any atom is 0.255 e. The highest BCUT2D eigenvalue weighted by Gasteiger charge is 2.31. The van der Waals surface area contributed by atoms with Crippen LogP contribution >= 0.6 is 23.2 Å². The van der Waals surface area contributed by atoms with Crippen LogP contribution < -0.4 is 0 Å². The normalized spacial score (nSPS) is 17.6. The number of rotatable bonds is 3. The molecule has 0 radical (unpaired) electrons. The van der Waals surface area contributed by atoms with E-state index in [4.69, 9.17) is 23.2 Å². The summed E-state index contributed by atoms with van der Waals surface area (Å²) < 4.78 is 27.5. The highest BCUT2D eigenvalue weighted by molar-refractivity contribution is 7.89. The molecule has 2 aliphatic rings. The van der Waals surface area contributed by atoms with Gasteiger partial charge in [-0.05, 0) is 60.7 Å². The summed E-state index contributed by atoms with van der Waals surface area (Å²) in [5.74, 6) is -0.212. The fourth-order valence-corrected chi connectivity index (χ4v) is 5.79. The first-order valence-electron chi connectivity index (χ1n) is 9.22. The summed E-state index contributed by atoms with van der Waals surface area (Å²) in [6.07, 6.45) is 3.03. The van der Waals surface area contributed by atoms with Crippen molar-refractivity contribution in [2.75, 3.05) is 26.2 Å². The monoisotopic (exact) mass is 438 g/mol. The zero-order valence-corrected chi connectivity index (χ0v) is 17.5. The maximum atomic E-state index is 13.0. The summed E-state index contributed by atoms with van der Waals surface area (Å²) in [5, 5.41) is 0.762. The molecule has 1 fully saturated rings. The molecule has 0 bridgehead atoms. The van der Waals surface area contributed by atoms with Gasteiger partial charge in [-0.3, -0.25) is 4.79 Å². The van der Waals surface area contributed by atoms with Crippen molar-refractivity contribution >= 4 is 39.1 Å². The number of benzene rings is 2. The summed E-state index contributed by atoms with van der Waals surface area (Å²) in [6, 6.07) is 10.2. The van der Waals surface area contributed by atoms with Gasteiger partial charge in [-0.15, -0.1) is 0 Å². The predicted octanol–water partition coefficient (Wildman–Crippen LogP) is 3.63. The molecule has 2 aromatic carbocycles. The van der Waals surface area contributed by atoms with Crippen LogP contribution in [0.2, 0.25) is 10.0 Å². The van der Waals surface area contributed by atoms with E-state index in [0.29, 0.717) is 33.6 Å². The molecular weight excluding hydrogens is 419 g/mol. The predicted molar refractivity (Wildman–Crippen MR) is 110 cm³/mol. The van der Waals surface area contributed by atoms with Crippen molar-refractivity contribution in [3.05, 3.63) is 63.1 Å². The minimum Gasteiger partial charge on any atom is -0.336 e. The van der Waals surface area contributed by atoms with E-state index in [2.05, 4.69) is 0 Å². The number of amides is 1. The van der Waals surface area contributed by atoms with Gasteiger partial charge in [0, 0.05) is 31.2 Å². The number of carbonyl (C=O) groups excluding carboxylic acids is 1. The second-order valence-electron chi connectivity index (χ2n) is 7.10. The Morgan fingerprint density at radius 1 is 0.893 bits per heavy atom. The summed E-state index contributed by atoms with van der Waals surface area (Å²) in [5.41, 5.74) is 2.75. The van der Waals surface area contributed by atoms with Crippen molar-refractivity contribution in [2.45, 2.75) is 24.2 Å². The number of sulfonamides is 1. The topological polar surface area (TPSA) is 57.7 Å². The van der Waals surface area contributed by atoms with E-state index in [0.717, 1.165) is 24.8 Å². The van der Waals surface area contributed by atoms with Crippen molar-refractivity contribution in [2.24, 2.45) is 0 Å². The minimum absolute atomic E-state index is 0.212. The van der Waals surface area contributed by atoms with Crippen molar-refractivity contribution in [3.8, 4) is 0 Å². The Balaban J connectivity index is 1.47. The average molecular weight is 439 g/mol. The lowest BCUT2D eigenvalue weighted by atomic mass is 10.1. The standard InChI is InChI=1S/C20H20Cl2N2O3S/c21-16-5-7-18(19(22)13-16)20(25)23-8-10-24(11-9-23)28(26,27)17-6-4-14-2-1-3-15(14)12-17/h4-7,12-13H,1-3,8-11H2. The molecule has 2 aromatic rings. The van der Waals surface area contributed by atoms with Gasteiger partial charge < -0.3 is 4.90 Å². The molecule has 0 aromatic heterocycles. The van der Waals surface area contributed by atoms with Crippen LogP contribution in [0.4, 0.5) is 0 Å². The average Bonchev–Trinajstić information content (AvgIpc) is 3.15. The molecule has 0 saturated carbocycles. The number of halogens is 2. The largest absolute Gasteiger partial charge is 0.336 e. The van der Waals surface area contributed by atoms with E-state index < -0.39 is 10.0 Å². The molecule has 148 valence electrons. The molecule has 4 rings (SSSR count). The third-order valence-corrected chi connectivity index (χ3v) is 7.84. The number of carbonyl (C=O) groups is 1. The van der Waals surface area contributed by atoms with Gasteiger partial charge in [-0.2, -0.15) is 4.31 Å². The molecule has 1 aliphatic carbocycles. The van der Waals surface area contributed by atoms with E-state index in [-0.39, 0.29) is 19.0 Å². The Labute approximate surface area is 174 Å². The van der Waals surface area contributed by atoms with Crippen molar-refractivity contribution in [1.29, 1.82) is 0 Å². The Morgan fingerprint density at radius 3 is 2.32 bits per heavy atom. The van der Waals surface area contributed by atoms with E-state index in [1.165, 1.54) is 15.9 Å². The number of nitrogens with zero attached hydrogens (tertiary/aromatic N) is 2. The van der Waals surface area contributed by atoms with Gasteiger partial charge in [0.2, 0.25) is 10.0 Å².